The summed E-state index contributed by atoms with van der Waals surface area (Å²) in [6.45, 7) is 1.81. The Balaban J connectivity index is 3.00. The second kappa shape index (κ2) is 4.93. The topological polar surface area (TPSA) is 70.2 Å². The molecule has 1 aromatic rings. The number of hydrogen-bond acceptors (Lipinski definition) is 4. The fourth-order valence-corrected chi connectivity index (χ4v) is 1.48. The number of nitrogens with zero attached hydrogens (tertiary/aromatic N) is 3. The Morgan fingerprint density at radius 2 is 2.18 bits per heavy atom. The predicted octanol–water partition coefficient (Wildman–Crippen LogP) is 1.98. The van der Waals surface area contributed by atoms with Crippen LogP contribution in [0, 0.1) is 21.4 Å². The number of nitro groups is 1. The summed E-state index contributed by atoms with van der Waals surface area (Å²) < 4.78 is 0. The van der Waals surface area contributed by atoms with Gasteiger partial charge < -0.3 is 0 Å². The van der Waals surface area contributed by atoms with E-state index in [9.17, 15) is 10.1 Å². The van der Waals surface area contributed by atoms with Gasteiger partial charge in [0.1, 0.15) is 5.54 Å². The van der Waals surface area contributed by atoms with E-state index in [1.54, 1.807) is 12.1 Å². The van der Waals surface area contributed by atoms with E-state index in [4.69, 9.17) is 5.26 Å². The number of nitro benzene ring substituents is 1. The number of benzene rings is 1. The van der Waals surface area contributed by atoms with Crippen molar-refractivity contribution in [2.75, 3.05) is 14.1 Å². The van der Waals surface area contributed by atoms with Gasteiger partial charge in [0.15, 0.2) is 0 Å². The molecule has 5 nitrogen and oxygen atoms in total. The van der Waals surface area contributed by atoms with Crippen molar-refractivity contribution < 1.29 is 4.92 Å². The highest BCUT2D eigenvalue weighted by Gasteiger charge is 2.27. The number of hydrogen-bond donors (Lipinski definition) is 0. The average Bonchev–Trinajstić information content (AvgIpc) is 2.29. The minimum Gasteiger partial charge on any atom is -0.292 e. The van der Waals surface area contributed by atoms with Gasteiger partial charge in [-0.2, -0.15) is 5.26 Å². The lowest BCUT2D eigenvalue weighted by Crippen LogP contribution is -2.41. The molecule has 5 heteroatoms. The quantitative estimate of drug-likeness (QED) is 0.589. The molecule has 0 fully saturated rings. The molecule has 0 spiro atoms. The zero-order chi connectivity index (χ0) is 13.1. The third kappa shape index (κ3) is 3.02. The first-order valence-electron chi connectivity index (χ1n) is 5.21. The third-order valence-electron chi connectivity index (χ3n) is 2.90. The summed E-state index contributed by atoms with van der Waals surface area (Å²) in [5, 5.41) is 19.8. The molecule has 0 radical (unpaired) electrons. The van der Waals surface area contributed by atoms with E-state index in [-0.39, 0.29) is 5.69 Å². The van der Waals surface area contributed by atoms with Crippen molar-refractivity contribution in [2.45, 2.75) is 18.9 Å². The molecular weight excluding hydrogens is 218 g/mol. The lowest BCUT2D eigenvalue weighted by atomic mass is 9.93. The molecule has 17 heavy (non-hydrogen) atoms. The van der Waals surface area contributed by atoms with Crippen molar-refractivity contribution in [1.82, 2.24) is 4.90 Å². The van der Waals surface area contributed by atoms with Crippen molar-refractivity contribution in [3.63, 3.8) is 0 Å². The fourth-order valence-electron chi connectivity index (χ4n) is 1.48. The molecule has 0 saturated carbocycles. The minimum absolute atomic E-state index is 0.0570. The van der Waals surface area contributed by atoms with Crippen LogP contribution in [0.3, 0.4) is 0 Å². The molecule has 90 valence electrons. The van der Waals surface area contributed by atoms with Crippen LogP contribution in [0.15, 0.2) is 24.3 Å². The molecule has 0 aliphatic heterocycles. The summed E-state index contributed by atoms with van der Waals surface area (Å²) in [7, 11) is 3.64. The zero-order valence-electron chi connectivity index (χ0n) is 10.2. The first-order valence-corrected chi connectivity index (χ1v) is 5.21. The van der Waals surface area contributed by atoms with Gasteiger partial charge in [-0.15, -0.1) is 0 Å². The molecule has 1 rings (SSSR count). The van der Waals surface area contributed by atoms with Crippen LogP contribution < -0.4 is 0 Å². The molecule has 0 aliphatic rings. The monoisotopic (exact) mass is 233 g/mol. The molecule has 0 amide bonds. The van der Waals surface area contributed by atoms with Crippen LogP contribution >= 0.6 is 0 Å². The van der Waals surface area contributed by atoms with Gasteiger partial charge >= 0.3 is 0 Å². The van der Waals surface area contributed by atoms with Crippen LogP contribution in [-0.2, 0) is 6.42 Å². The predicted molar refractivity (Wildman–Crippen MR) is 64.5 cm³/mol. The zero-order valence-corrected chi connectivity index (χ0v) is 10.2. The molecule has 1 atom stereocenters. The number of rotatable bonds is 4. The van der Waals surface area contributed by atoms with Crippen molar-refractivity contribution in [3.05, 3.63) is 39.9 Å². The van der Waals surface area contributed by atoms with Gasteiger partial charge in [0, 0.05) is 18.6 Å². The Labute approximate surface area is 100 Å². The summed E-state index contributed by atoms with van der Waals surface area (Å²) in [4.78, 5) is 12.0. The average molecular weight is 233 g/mol. The van der Waals surface area contributed by atoms with Gasteiger partial charge in [0.25, 0.3) is 5.69 Å². The lowest BCUT2D eigenvalue weighted by Gasteiger charge is -2.29. The summed E-state index contributed by atoms with van der Waals surface area (Å²) in [6, 6.07) is 8.63. The van der Waals surface area contributed by atoms with E-state index >= 15 is 0 Å². The summed E-state index contributed by atoms with van der Waals surface area (Å²) in [5.41, 5.74) is 0.188. The van der Waals surface area contributed by atoms with E-state index in [1.807, 2.05) is 25.9 Å². The molecule has 0 aromatic heterocycles. The van der Waals surface area contributed by atoms with Gasteiger partial charge in [0.2, 0.25) is 0 Å². The molecule has 0 aliphatic carbocycles. The largest absolute Gasteiger partial charge is 0.292 e. The van der Waals surface area contributed by atoms with E-state index < -0.39 is 10.5 Å². The smallest absolute Gasteiger partial charge is 0.269 e. The first kappa shape index (κ1) is 13.1. The Morgan fingerprint density at radius 1 is 1.53 bits per heavy atom. The maximum atomic E-state index is 10.7. The summed E-state index contributed by atoms with van der Waals surface area (Å²) in [6.07, 6.45) is 0.457. The fraction of sp³-hybridized carbons (Fsp3) is 0.417. The van der Waals surface area contributed by atoms with Gasteiger partial charge in [0.05, 0.1) is 11.0 Å². The second-order valence-corrected chi connectivity index (χ2v) is 4.38. The minimum atomic E-state index is -0.658. The molecule has 1 unspecified atom stereocenters. The van der Waals surface area contributed by atoms with Gasteiger partial charge in [-0.25, -0.2) is 0 Å². The van der Waals surface area contributed by atoms with E-state index in [0.29, 0.717) is 6.42 Å². The second-order valence-electron chi connectivity index (χ2n) is 4.38. The van der Waals surface area contributed by atoms with Crippen LogP contribution in [0.5, 0.6) is 0 Å². The summed E-state index contributed by atoms with van der Waals surface area (Å²) in [5.74, 6) is 0. The molecule has 0 heterocycles. The third-order valence-corrected chi connectivity index (χ3v) is 2.90. The van der Waals surface area contributed by atoms with E-state index in [2.05, 4.69) is 6.07 Å². The van der Waals surface area contributed by atoms with Gasteiger partial charge in [-0.3, -0.25) is 15.0 Å². The van der Waals surface area contributed by atoms with Crippen LogP contribution in [0.25, 0.3) is 0 Å². The molecular formula is C12H15N3O2. The number of non-ortho nitro benzene ring substituents is 1. The van der Waals surface area contributed by atoms with Crippen LogP contribution in [0.2, 0.25) is 0 Å². The Hall–Kier alpha value is -1.93. The Bertz CT molecular complexity index is 465. The van der Waals surface area contributed by atoms with Crippen molar-refractivity contribution in [2.24, 2.45) is 0 Å². The van der Waals surface area contributed by atoms with Crippen molar-refractivity contribution in [3.8, 4) is 6.07 Å². The number of nitriles is 1. The van der Waals surface area contributed by atoms with Crippen molar-refractivity contribution in [1.29, 1.82) is 5.26 Å². The van der Waals surface area contributed by atoms with E-state index in [1.165, 1.54) is 12.1 Å². The van der Waals surface area contributed by atoms with Gasteiger partial charge in [-0.05, 0) is 26.6 Å². The lowest BCUT2D eigenvalue weighted by molar-refractivity contribution is -0.384. The van der Waals surface area contributed by atoms with Crippen LogP contribution in [0.1, 0.15) is 12.5 Å². The normalized spacial score (nSPS) is 14.1. The molecule has 0 bridgehead atoms. The van der Waals surface area contributed by atoms with Crippen molar-refractivity contribution >= 4 is 5.69 Å². The highest BCUT2D eigenvalue weighted by atomic mass is 16.6. The highest BCUT2D eigenvalue weighted by molar-refractivity contribution is 5.35. The van der Waals surface area contributed by atoms with Crippen LogP contribution in [0.4, 0.5) is 5.69 Å². The number of likely N-dealkylation sites (N-methyl/N-ethyl adjacent to an activating group) is 1. The van der Waals surface area contributed by atoms with Crippen LogP contribution in [-0.4, -0.2) is 29.5 Å². The maximum Gasteiger partial charge on any atom is 0.269 e. The van der Waals surface area contributed by atoms with E-state index in [0.717, 1.165) is 5.56 Å². The Kier molecular flexibility index (Phi) is 3.81. The molecule has 1 aromatic carbocycles. The summed E-state index contributed by atoms with van der Waals surface area (Å²) >= 11 is 0. The Morgan fingerprint density at radius 3 is 2.65 bits per heavy atom. The first-order chi connectivity index (χ1) is 7.89. The standard InChI is InChI=1S/C12H15N3O2/c1-12(9-13,14(2)3)8-10-5-4-6-11(7-10)15(16)17/h4-7H,8H2,1-3H3. The highest BCUT2D eigenvalue weighted by Crippen LogP contribution is 2.20. The molecule has 0 N–H and O–H groups in total. The maximum absolute atomic E-state index is 10.7. The molecule has 0 saturated heterocycles. The SMILES string of the molecule is CN(C)C(C)(C#N)Cc1cccc([N+](=O)[O-])c1. The van der Waals surface area contributed by atoms with Gasteiger partial charge in [-0.1, -0.05) is 12.1 Å².